The Kier molecular flexibility index (Phi) is 2.74. The number of halogens is 2. The van der Waals surface area contributed by atoms with Crippen molar-refractivity contribution in [2.75, 3.05) is 11.9 Å². The molecule has 2 aromatic rings. The third kappa shape index (κ3) is 1.90. The van der Waals surface area contributed by atoms with Crippen LogP contribution < -0.4 is 4.90 Å². The summed E-state index contributed by atoms with van der Waals surface area (Å²) in [5.74, 6) is 0. The van der Waals surface area contributed by atoms with E-state index >= 15 is 0 Å². The highest BCUT2D eigenvalue weighted by Crippen LogP contribution is 2.48. The lowest BCUT2D eigenvalue weighted by Crippen LogP contribution is -2.14. The molecule has 4 heteroatoms. The fraction of sp³-hybridized carbons (Fsp3) is 0.0769. The zero-order valence-corrected chi connectivity index (χ0v) is 11.4. The monoisotopic (exact) mass is 281 g/mol. The molecule has 86 valence electrons. The van der Waals surface area contributed by atoms with Crippen LogP contribution in [0.2, 0.25) is 10.0 Å². The van der Waals surface area contributed by atoms with Gasteiger partial charge < -0.3 is 4.90 Å². The van der Waals surface area contributed by atoms with Crippen molar-refractivity contribution in [2.24, 2.45) is 0 Å². The summed E-state index contributed by atoms with van der Waals surface area (Å²) in [6.07, 6.45) is 0. The van der Waals surface area contributed by atoms with Crippen LogP contribution in [0.15, 0.2) is 46.2 Å². The molecule has 0 aromatic heterocycles. The van der Waals surface area contributed by atoms with Gasteiger partial charge in [-0.3, -0.25) is 0 Å². The molecule has 1 nitrogen and oxygen atoms in total. The van der Waals surface area contributed by atoms with E-state index in [9.17, 15) is 0 Å². The maximum Gasteiger partial charge on any atom is 0.0565 e. The van der Waals surface area contributed by atoms with Gasteiger partial charge in [0.25, 0.3) is 0 Å². The number of anilines is 2. The summed E-state index contributed by atoms with van der Waals surface area (Å²) >= 11 is 13.8. The van der Waals surface area contributed by atoms with Gasteiger partial charge in [-0.2, -0.15) is 0 Å². The molecule has 0 aliphatic carbocycles. The molecule has 2 aromatic carbocycles. The SMILES string of the molecule is CN1c2ccc(Cl)cc2Sc2ccc(Cl)cc21. The molecular weight excluding hydrogens is 273 g/mol. The van der Waals surface area contributed by atoms with Crippen LogP contribution in [-0.2, 0) is 0 Å². The van der Waals surface area contributed by atoms with Crippen LogP contribution in [0.5, 0.6) is 0 Å². The van der Waals surface area contributed by atoms with Crippen molar-refractivity contribution in [2.45, 2.75) is 9.79 Å². The van der Waals surface area contributed by atoms with Crippen LogP contribution in [0.3, 0.4) is 0 Å². The normalized spacial score (nSPS) is 13.2. The highest BCUT2D eigenvalue weighted by Gasteiger charge is 2.20. The van der Waals surface area contributed by atoms with Crippen molar-refractivity contribution in [3.8, 4) is 0 Å². The van der Waals surface area contributed by atoms with E-state index < -0.39 is 0 Å². The Labute approximate surface area is 114 Å². The smallest absolute Gasteiger partial charge is 0.0565 e. The number of fused-ring (bicyclic) bond motifs is 2. The lowest BCUT2D eigenvalue weighted by Gasteiger charge is -2.29. The standard InChI is InChI=1S/C13H9Cl2NS/c1-16-10-4-2-9(15)7-13(10)17-12-5-3-8(14)6-11(12)16/h2-7H,1H3. The summed E-state index contributed by atoms with van der Waals surface area (Å²) in [5, 5.41) is 1.52. The molecule has 0 saturated heterocycles. The van der Waals surface area contributed by atoms with Crippen LogP contribution in [0.4, 0.5) is 11.4 Å². The fourth-order valence-electron chi connectivity index (χ4n) is 1.93. The number of hydrogen-bond acceptors (Lipinski definition) is 2. The predicted molar refractivity (Wildman–Crippen MR) is 75.1 cm³/mol. The Bertz CT molecular complexity index is 598. The molecule has 0 N–H and O–H groups in total. The molecule has 0 unspecified atom stereocenters. The van der Waals surface area contributed by atoms with Crippen molar-refractivity contribution in [1.29, 1.82) is 0 Å². The second-order valence-electron chi connectivity index (χ2n) is 3.89. The van der Waals surface area contributed by atoms with Crippen molar-refractivity contribution < 1.29 is 0 Å². The van der Waals surface area contributed by atoms with Crippen molar-refractivity contribution in [3.05, 3.63) is 46.4 Å². The molecule has 0 atom stereocenters. The van der Waals surface area contributed by atoms with Gasteiger partial charge in [0.1, 0.15) is 0 Å². The van der Waals surface area contributed by atoms with Crippen molar-refractivity contribution >= 4 is 46.3 Å². The Morgan fingerprint density at radius 3 is 2.41 bits per heavy atom. The van der Waals surface area contributed by atoms with E-state index in [1.54, 1.807) is 11.8 Å². The largest absolute Gasteiger partial charge is 0.343 e. The highest BCUT2D eigenvalue weighted by atomic mass is 35.5. The van der Waals surface area contributed by atoms with E-state index in [1.807, 2.05) is 43.4 Å². The quantitative estimate of drug-likeness (QED) is 0.651. The van der Waals surface area contributed by atoms with Gasteiger partial charge in [0, 0.05) is 26.9 Å². The minimum absolute atomic E-state index is 0.758. The summed E-state index contributed by atoms with van der Waals surface area (Å²) in [4.78, 5) is 4.52. The fourth-order valence-corrected chi connectivity index (χ4v) is 3.51. The summed E-state index contributed by atoms with van der Waals surface area (Å²) in [6.45, 7) is 0. The molecule has 1 heterocycles. The van der Waals surface area contributed by atoms with Gasteiger partial charge in [-0.1, -0.05) is 35.0 Å². The third-order valence-corrected chi connectivity index (χ3v) is 4.37. The van der Waals surface area contributed by atoms with Gasteiger partial charge >= 0.3 is 0 Å². The summed E-state index contributed by atoms with van der Waals surface area (Å²) in [5.41, 5.74) is 2.30. The zero-order valence-electron chi connectivity index (χ0n) is 9.08. The van der Waals surface area contributed by atoms with Crippen LogP contribution in [0.1, 0.15) is 0 Å². The Balaban J connectivity index is 2.17. The van der Waals surface area contributed by atoms with E-state index in [0.717, 1.165) is 21.4 Å². The van der Waals surface area contributed by atoms with E-state index in [4.69, 9.17) is 23.2 Å². The molecular formula is C13H9Cl2NS. The molecule has 0 amide bonds. The predicted octanol–water partition coefficient (Wildman–Crippen LogP) is 5.23. The van der Waals surface area contributed by atoms with Gasteiger partial charge in [0.05, 0.1) is 11.4 Å². The average Bonchev–Trinajstić information content (AvgIpc) is 2.30. The number of hydrogen-bond donors (Lipinski definition) is 0. The number of nitrogens with zero attached hydrogens (tertiary/aromatic N) is 1. The molecule has 1 aliphatic rings. The number of benzene rings is 2. The lowest BCUT2D eigenvalue weighted by molar-refractivity contribution is 1.11. The molecule has 17 heavy (non-hydrogen) atoms. The van der Waals surface area contributed by atoms with Crippen molar-refractivity contribution in [3.63, 3.8) is 0 Å². The summed E-state index contributed by atoms with van der Waals surface area (Å²) in [6, 6.07) is 11.9. The molecule has 3 rings (SSSR count). The second-order valence-corrected chi connectivity index (χ2v) is 5.84. The Morgan fingerprint density at radius 1 is 0.882 bits per heavy atom. The molecule has 1 aliphatic heterocycles. The van der Waals surface area contributed by atoms with E-state index in [-0.39, 0.29) is 0 Å². The summed E-state index contributed by atoms with van der Waals surface area (Å²) in [7, 11) is 2.04. The van der Waals surface area contributed by atoms with Gasteiger partial charge in [-0.15, -0.1) is 0 Å². The minimum Gasteiger partial charge on any atom is -0.343 e. The molecule has 0 radical (unpaired) electrons. The second kappa shape index (κ2) is 4.13. The first-order chi connectivity index (χ1) is 8.15. The third-order valence-electron chi connectivity index (χ3n) is 2.79. The maximum atomic E-state index is 6.04. The molecule has 0 bridgehead atoms. The minimum atomic E-state index is 0.758. The lowest BCUT2D eigenvalue weighted by atomic mass is 10.2. The molecule has 0 saturated carbocycles. The maximum absolute atomic E-state index is 6.04. The first kappa shape index (κ1) is 11.3. The van der Waals surface area contributed by atoms with Crippen LogP contribution in [0, 0.1) is 0 Å². The van der Waals surface area contributed by atoms with Crippen LogP contribution in [-0.4, -0.2) is 7.05 Å². The topological polar surface area (TPSA) is 3.24 Å². The molecule has 0 fully saturated rings. The molecule has 0 spiro atoms. The average molecular weight is 282 g/mol. The van der Waals surface area contributed by atoms with Gasteiger partial charge in [-0.05, 0) is 36.4 Å². The van der Waals surface area contributed by atoms with Crippen LogP contribution in [0.25, 0.3) is 0 Å². The summed E-state index contributed by atoms with van der Waals surface area (Å²) < 4.78 is 0. The van der Waals surface area contributed by atoms with E-state index in [0.29, 0.717) is 0 Å². The Morgan fingerprint density at radius 2 is 1.59 bits per heavy atom. The van der Waals surface area contributed by atoms with Gasteiger partial charge in [-0.25, -0.2) is 0 Å². The van der Waals surface area contributed by atoms with Gasteiger partial charge in [0.15, 0.2) is 0 Å². The van der Waals surface area contributed by atoms with Crippen LogP contribution >= 0.6 is 35.0 Å². The van der Waals surface area contributed by atoms with E-state index in [1.165, 1.54) is 9.79 Å². The zero-order chi connectivity index (χ0) is 12.0. The number of rotatable bonds is 0. The highest BCUT2D eigenvalue weighted by molar-refractivity contribution is 7.99. The van der Waals surface area contributed by atoms with Gasteiger partial charge in [0.2, 0.25) is 0 Å². The first-order valence-electron chi connectivity index (χ1n) is 5.16. The first-order valence-corrected chi connectivity index (χ1v) is 6.73. The van der Waals surface area contributed by atoms with Crippen molar-refractivity contribution in [1.82, 2.24) is 0 Å². The van der Waals surface area contributed by atoms with E-state index in [2.05, 4.69) is 4.90 Å². The Hall–Kier alpha value is -0.830.